The van der Waals surface area contributed by atoms with Gasteiger partial charge in [0.25, 0.3) is 10.2 Å². The first-order chi connectivity index (χ1) is 9.56. The van der Waals surface area contributed by atoms with Crippen LogP contribution in [0.1, 0.15) is 19.0 Å². The fourth-order valence-electron chi connectivity index (χ4n) is 1.69. The highest BCUT2D eigenvalue weighted by molar-refractivity contribution is 7.87. The Balaban J connectivity index is 2.29. The van der Waals surface area contributed by atoms with Gasteiger partial charge in [-0.3, -0.25) is 4.98 Å². The van der Waals surface area contributed by atoms with E-state index in [1.807, 2.05) is 25.1 Å². The van der Waals surface area contributed by atoms with Crippen molar-refractivity contribution < 1.29 is 8.42 Å². The van der Waals surface area contributed by atoms with Crippen LogP contribution in [0.4, 0.5) is 0 Å². The summed E-state index contributed by atoms with van der Waals surface area (Å²) in [6.45, 7) is 4.62. The maximum absolute atomic E-state index is 12.0. The predicted molar refractivity (Wildman–Crippen MR) is 80.7 cm³/mol. The van der Waals surface area contributed by atoms with Crippen molar-refractivity contribution >= 4 is 10.2 Å². The number of pyridine rings is 1. The lowest BCUT2D eigenvalue weighted by Crippen LogP contribution is -2.40. The number of rotatable bonds is 10. The Bertz CT molecular complexity index is 465. The maximum atomic E-state index is 12.0. The SMILES string of the molecule is CCNCCCN(C)S(=O)(=O)NCCc1ccccn1. The molecule has 1 heterocycles. The molecule has 1 rings (SSSR count). The topological polar surface area (TPSA) is 74.3 Å². The monoisotopic (exact) mass is 300 g/mol. The number of hydrogen-bond acceptors (Lipinski definition) is 4. The highest BCUT2D eigenvalue weighted by Crippen LogP contribution is 1.97. The maximum Gasteiger partial charge on any atom is 0.279 e. The first kappa shape index (κ1) is 17.0. The van der Waals surface area contributed by atoms with Gasteiger partial charge in [-0.15, -0.1) is 0 Å². The van der Waals surface area contributed by atoms with Gasteiger partial charge in [-0.25, -0.2) is 4.72 Å². The molecular weight excluding hydrogens is 276 g/mol. The molecule has 7 heteroatoms. The van der Waals surface area contributed by atoms with E-state index in [4.69, 9.17) is 0 Å². The Morgan fingerprint density at radius 1 is 1.30 bits per heavy atom. The Morgan fingerprint density at radius 2 is 2.10 bits per heavy atom. The van der Waals surface area contributed by atoms with Crippen molar-refractivity contribution in [3.8, 4) is 0 Å². The summed E-state index contributed by atoms with van der Waals surface area (Å²) in [7, 11) is -1.80. The van der Waals surface area contributed by atoms with Crippen molar-refractivity contribution in [2.75, 3.05) is 33.2 Å². The molecule has 0 aliphatic rings. The second-order valence-corrected chi connectivity index (χ2v) is 6.36. The third-order valence-corrected chi connectivity index (χ3v) is 4.45. The Kier molecular flexibility index (Phi) is 7.68. The molecule has 0 saturated heterocycles. The van der Waals surface area contributed by atoms with Crippen LogP contribution < -0.4 is 10.0 Å². The largest absolute Gasteiger partial charge is 0.317 e. The summed E-state index contributed by atoms with van der Waals surface area (Å²) >= 11 is 0. The van der Waals surface area contributed by atoms with Gasteiger partial charge in [0.15, 0.2) is 0 Å². The summed E-state index contributed by atoms with van der Waals surface area (Å²) in [6, 6.07) is 5.61. The summed E-state index contributed by atoms with van der Waals surface area (Å²) < 4.78 is 27.9. The van der Waals surface area contributed by atoms with Crippen molar-refractivity contribution in [3.05, 3.63) is 30.1 Å². The number of nitrogens with zero attached hydrogens (tertiary/aromatic N) is 2. The summed E-state index contributed by atoms with van der Waals surface area (Å²) in [5.41, 5.74) is 0.880. The Morgan fingerprint density at radius 3 is 2.75 bits per heavy atom. The van der Waals surface area contributed by atoms with Crippen LogP contribution in [0.2, 0.25) is 0 Å². The van der Waals surface area contributed by atoms with Gasteiger partial charge < -0.3 is 5.32 Å². The lowest BCUT2D eigenvalue weighted by atomic mass is 10.3. The molecule has 0 aliphatic carbocycles. The third-order valence-electron chi connectivity index (χ3n) is 2.88. The smallest absolute Gasteiger partial charge is 0.279 e. The van der Waals surface area contributed by atoms with E-state index in [0.717, 1.165) is 25.2 Å². The highest BCUT2D eigenvalue weighted by Gasteiger charge is 2.15. The molecule has 0 fully saturated rings. The van der Waals surface area contributed by atoms with Gasteiger partial charge >= 0.3 is 0 Å². The second-order valence-electron chi connectivity index (χ2n) is 4.50. The fraction of sp³-hybridized carbons (Fsp3) is 0.615. The lowest BCUT2D eigenvalue weighted by molar-refractivity contribution is 0.446. The molecule has 0 radical (unpaired) electrons. The molecule has 1 aromatic rings. The van der Waals surface area contributed by atoms with Crippen LogP contribution in [0.25, 0.3) is 0 Å². The number of aromatic nitrogens is 1. The number of nitrogens with one attached hydrogen (secondary N) is 2. The summed E-state index contributed by atoms with van der Waals surface area (Å²) in [5, 5.41) is 3.17. The molecule has 0 atom stereocenters. The second kappa shape index (κ2) is 9.02. The lowest BCUT2D eigenvalue weighted by Gasteiger charge is -2.17. The van der Waals surface area contributed by atoms with Crippen molar-refractivity contribution in [2.24, 2.45) is 0 Å². The van der Waals surface area contributed by atoms with Crippen LogP contribution in [-0.2, 0) is 16.6 Å². The molecule has 0 bridgehead atoms. The Labute approximate surface area is 121 Å². The van der Waals surface area contributed by atoms with Gasteiger partial charge in [-0.1, -0.05) is 13.0 Å². The van der Waals surface area contributed by atoms with E-state index >= 15 is 0 Å². The standard InChI is InChI=1S/C13H24N4O2S/c1-3-14-9-6-12-17(2)20(18,19)16-11-8-13-7-4-5-10-15-13/h4-5,7,10,14,16H,3,6,8-9,11-12H2,1-2H3. The van der Waals surface area contributed by atoms with Gasteiger partial charge in [0.2, 0.25) is 0 Å². The average molecular weight is 300 g/mol. The van der Waals surface area contributed by atoms with Crippen LogP contribution in [0.15, 0.2) is 24.4 Å². The first-order valence-corrected chi connectivity index (χ1v) is 8.32. The molecular formula is C13H24N4O2S. The molecule has 0 spiro atoms. The van der Waals surface area contributed by atoms with Crippen molar-refractivity contribution in [1.82, 2.24) is 19.3 Å². The van der Waals surface area contributed by atoms with Crippen molar-refractivity contribution in [3.63, 3.8) is 0 Å². The average Bonchev–Trinajstić information content (AvgIpc) is 2.44. The van der Waals surface area contributed by atoms with Gasteiger partial charge in [-0.2, -0.15) is 12.7 Å². The highest BCUT2D eigenvalue weighted by atomic mass is 32.2. The molecule has 114 valence electrons. The van der Waals surface area contributed by atoms with Gasteiger partial charge in [0.1, 0.15) is 0 Å². The van der Waals surface area contributed by atoms with Crippen LogP contribution >= 0.6 is 0 Å². The van der Waals surface area contributed by atoms with E-state index in [1.165, 1.54) is 4.31 Å². The molecule has 0 amide bonds. The van der Waals surface area contributed by atoms with Crippen LogP contribution in [-0.4, -0.2) is 50.9 Å². The summed E-state index contributed by atoms with van der Waals surface area (Å²) in [6.07, 6.45) is 3.09. The predicted octanol–water partition coefficient (Wildman–Crippen LogP) is 0.390. The molecule has 1 aromatic heterocycles. The zero-order chi connectivity index (χ0) is 14.8. The van der Waals surface area contributed by atoms with Crippen molar-refractivity contribution in [1.29, 1.82) is 0 Å². The molecule has 0 unspecified atom stereocenters. The van der Waals surface area contributed by atoms with Crippen LogP contribution in [0.3, 0.4) is 0 Å². The fourth-order valence-corrected chi connectivity index (χ4v) is 2.64. The van der Waals surface area contributed by atoms with Gasteiger partial charge in [0.05, 0.1) is 0 Å². The molecule has 2 N–H and O–H groups in total. The van der Waals surface area contributed by atoms with E-state index < -0.39 is 10.2 Å². The zero-order valence-corrected chi connectivity index (χ0v) is 13.0. The molecule has 20 heavy (non-hydrogen) atoms. The molecule has 0 saturated carbocycles. The molecule has 0 aliphatic heterocycles. The summed E-state index contributed by atoms with van der Waals surface area (Å²) in [5.74, 6) is 0. The third kappa shape index (κ3) is 6.42. The first-order valence-electron chi connectivity index (χ1n) is 6.88. The molecule has 6 nitrogen and oxygen atoms in total. The van der Waals surface area contributed by atoms with Gasteiger partial charge in [-0.05, 0) is 31.6 Å². The van der Waals surface area contributed by atoms with E-state index in [0.29, 0.717) is 19.5 Å². The molecule has 0 aromatic carbocycles. The quantitative estimate of drug-likeness (QED) is 0.613. The van der Waals surface area contributed by atoms with Gasteiger partial charge in [0, 0.05) is 38.4 Å². The minimum atomic E-state index is -3.39. The Hall–Kier alpha value is -1.02. The van der Waals surface area contributed by atoms with Crippen LogP contribution in [0.5, 0.6) is 0 Å². The van der Waals surface area contributed by atoms with E-state index in [2.05, 4.69) is 15.0 Å². The van der Waals surface area contributed by atoms with E-state index in [1.54, 1.807) is 13.2 Å². The normalized spacial score (nSPS) is 11.9. The minimum Gasteiger partial charge on any atom is -0.317 e. The van der Waals surface area contributed by atoms with Crippen molar-refractivity contribution in [2.45, 2.75) is 19.8 Å². The van der Waals surface area contributed by atoms with E-state index in [9.17, 15) is 8.42 Å². The zero-order valence-electron chi connectivity index (χ0n) is 12.2. The minimum absolute atomic E-state index is 0.358. The summed E-state index contributed by atoms with van der Waals surface area (Å²) in [4.78, 5) is 4.16. The van der Waals surface area contributed by atoms with E-state index in [-0.39, 0.29) is 0 Å². The number of hydrogen-bond donors (Lipinski definition) is 2. The van der Waals surface area contributed by atoms with Crippen LogP contribution in [0, 0.1) is 0 Å².